The van der Waals surface area contributed by atoms with E-state index in [1.807, 2.05) is 0 Å². The van der Waals surface area contributed by atoms with Crippen LogP contribution in [-0.2, 0) is 6.18 Å². The number of likely N-dealkylation sites (tertiary alicyclic amines) is 1. The Balaban J connectivity index is 1.27. The number of piperidine rings is 1. The minimum Gasteiger partial charge on any atom is -0.471 e. The molecule has 0 radical (unpaired) electrons. The molecule has 34 heavy (non-hydrogen) atoms. The molecule has 2 saturated carbocycles. The van der Waals surface area contributed by atoms with Gasteiger partial charge in [-0.1, -0.05) is 6.07 Å². The van der Waals surface area contributed by atoms with Crippen molar-refractivity contribution in [3.8, 4) is 17.3 Å². The van der Waals surface area contributed by atoms with Gasteiger partial charge in [0.1, 0.15) is 11.9 Å². The predicted molar refractivity (Wildman–Crippen MR) is 109 cm³/mol. The second-order valence-corrected chi connectivity index (χ2v) is 8.87. The van der Waals surface area contributed by atoms with Crippen LogP contribution in [-0.4, -0.2) is 49.4 Å². The van der Waals surface area contributed by atoms with E-state index >= 15 is 0 Å². The number of hydrogen-bond acceptors (Lipinski definition) is 6. The summed E-state index contributed by atoms with van der Waals surface area (Å²) < 4.78 is 58.9. The van der Waals surface area contributed by atoms with Gasteiger partial charge in [0.05, 0.1) is 29.6 Å². The van der Waals surface area contributed by atoms with E-state index in [0.29, 0.717) is 25.1 Å². The number of aromatic nitrogens is 4. The number of carbonyl (C=O) groups excluding carboxylic acids is 1. The maximum absolute atomic E-state index is 14.8. The molecular formula is C23H17F4N5O2. The molecule has 1 amide bonds. The van der Waals surface area contributed by atoms with Crippen LogP contribution in [0.2, 0.25) is 0 Å². The zero-order chi connectivity index (χ0) is 23.7. The molecule has 3 aliphatic rings. The molecule has 1 aromatic carbocycles. The maximum atomic E-state index is 14.8. The summed E-state index contributed by atoms with van der Waals surface area (Å²) >= 11 is 0. The highest BCUT2D eigenvalue weighted by molar-refractivity contribution is 6.01. The summed E-state index contributed by atoms with van der Waals surface area (Å²) in [5.74, 6) is -0.550. The van der Waals surface area contributed by atoms with Gasteiger partial charge in [0.15, 0.2) is 11.5 Å². The van der Waals surface area contributed by atoms with E-state index in [-0.39, 0.29) is 40.2 Å². The highest BCUT2D eigenvalue weighted by Gasteiger charge is 2.76. The second-order valence-electron chi connectivity index (χ2n) is 8.87. The number of nitrogens with zero attached hydrogens (tertiary/aromatic N) is 5. The van der Waals surface area contributed by atoms with Crippen molar-refractivity contribution in [1.29, 1.82) is 0 Å². The van der Waals surface area contributed by atoms with E-state index in [2.05, 4.69) is 19.9 Å². The molecule has 1 aliphatic heterocycles. The number of ether oxygens (including phenoxy) is 1. The topological polar surface area (TPSA) is 81.1 Å². The van der Waals surface area contributed by atoms with Crippen LogP contribution in [0, 0.1) is 17.2 Å². The van der Waals surface area contributed by atoms with E-state index < -0.39 is 23.8 Å². The molecule has 1 spiro atoms. The molecule has 174 valence electrons. The van der Waals surface area contributed by atoms with E-state index in [1.165, 1.54) is 24.5 Å². The van der Waals surface area contributed by atoms with Crippen molar-refractivity contribution in [1.82, 2.24) is 24.8 Å². The SMILES string of the molecule is O=C(c1cccc(F)c1-c1ncccn1)N1CC2CC23CC(Oc2cnc(C(F)(F)F)cn2)C13. The summed E-state index contributed by atoms with van der Waals surface area (Å²) in [5.41, 5.74) is -0.974. The van der Waals surface area contributed by atoms with Crippen LogP contribution in [0.15, 0.2) is 49.1 Å². The van der Waals surface area contributed by atoms with Gasteiger partial charge in [-0.15, -0.1) is 0 Å². The summed E-state index contributed by atoms with van der Waals surface area (Å²) in [5, 5.41) is 0. The molecular weight excluding hydrogens is 454 g/mol. The summed E-state index contributed by atoms with van der Waals surface area (Å²) in [6, 6.07) is 5.59. The molecule has 3 aromatic rings. The van der Waals surface area contributed by atoms with Gasteiger partial charge in [-0.3, -0.25) is 4.79 Å². The highest BCUT2D eigenvalue weighted by atomic mass is 19.4. The van der Waals surface area contributed by atoms with Gasteiger partial charge >= 0.3 is 6.18 Å². The lowest BCUT2D eigenvalue weighted by Crippen LogP contribution is -2.59. The standard InChI is InChI=1S/C23H17F4N5O2/c24-14-4-1-3-13(18(14)20-28-5-2-6-29-20)21(33)32-11-12-7-22(12)8-15(19(22)32)34-17-10-30-16(9-31-17)23(25,26)27/h1-6,9-10,12,15,19H,7-8,11H2. The Morgan fingerprint density at radius 2 is 1.85 bits per heavy atom. The van der Waals surface area contributed by atoms with Crippen molar-refractivity contribution >= 4 is 5.91 Å². The molecule has 7 nitrogen and oxygen atoms in total. The summed E-state index contributed by atoms with van der Waals surface area (Å²) in [7, 11) is 0. The number of alkyl halides is 3. The molecule has 6 rings (SSSR count). The van der Waals surface area contributed by atoms with Crippen molar-refractivity contribution in [2.75, 3.05) is 6.54 Å². The van der Waals surface area contributed by atoms with Gasteiger partial charge in [0.25, 0.3) is 5.91 Å². The van der Waals surface area contributed by atoms with E-state index in [4.69, 9.17) is 4.74 Å². The Bertz CT molecular complexity index is 1270. The van der Waals surface area contributed by atoms with Crippen LogP contribution in [0.25, 0.3) is 11.4 Å². The van der Waals surface area contributed by atoms with E-state index in [9.17, 15) is 22.4 Å². The fraction of sp³-hybridized carbons (Fsp3) is 0.348. The average molecular weight is 471 g/mol. The van der Waals surface area contributed by atoms with Crippen LogP contribution in [0.4, 0.5) is 17.6 Å². The minimum atomic E-state index is -4.59. The molecule has 3 fully saturated rings. The first kappa shape index (κ1) is 20.9. The third-order valence-electron chi connectivity index (χ3n) is 7.04. The summed E-state index contributed by atoms with van der Waals surface area (Å²) in [4.78, 5) is 30.6. The summed E-state index contributed by atoms with van der Waals surface area (Å²) in [6.07, 6.45) is 1.12. The van der Waals surface area contributed by atoms with Crippen molar-refractivity contribution in [3.05, 3.63) is 66.1 Å². The molecule has 1 saturated heterocycles. The highest BCUT2D eigenvalue weighted by Crippen LogP contribution is 2.71. The van der Waals surface area contributed by atoms with Gasteiger partial charge in [-0.25, -0.2) is 24.3 Å². The molecule has 3 heterocycles. The Hall–Kier alpha value is -3.63. The Morgan fingerprint density at radius 1 is 1.06 bits per heavy atom. The number of carbonyl (C=O) groups is 1. The first-order chi connectivity index (χ1) is 16.3. The molecule has 11 heteroatoms. The predicted octanol–water partition coefficient (Wildman–Crippen LogP) is 3.77. The number of rotatable bonds is 4. The normalized spacial score (nSPS) is 26.9. The maximum Gasteiger partial charge on any atom is 0.434 e. The number of amides is 1. The Morgan fingerprint density at radius 3 is 2.56 bits per heavy atom. The van der Waals surface area contributed by atoms with E-state index in [1.54, 1.807) is 17.0 Å². The molecule has 0 N–H and O–H groups in total. The van der Waals surface area contributed by atoms with Crippen LogP contribution in [0.3, 0.4) is 0 Å². The van der Waals surface area contributed by atoms with Crippen molar-refractivity contribution in [3.63, 3.8) is 0 Å². The lowest BCUT2D eigenvalue weighted by atomic mass is 9.73. The Kier molecular flexibility index (Phi) is 4.42. The third kappa shape index (κ3) is 3.13. The van der Waals surface area contributed by atoms with Crippen LogP contribution < -0.4 is 4.74 Å². The molecule has 0 bridgehead atoms. The van der Waals surface area contributed by atoms with Gasteiger partial charge in [-0.2, -0.15) is 13.2 Å². The second kappa shape index (κ2) is 7.18. The number of halogens is 4. The first-order valence-corrected chi connectivity index (χ1v) is 10.7. The van der Waals surface area contributed by atoms with Crippen LogP contribution >= 0.6 is 0 Å². The fourth-order valence-corrected chi connectivity index (χ4v) is 5.44. The molecule has 4 atom stereocenters. The van der Waals surface area contributed by atoms with Crippen LogP contribution in [0.1, 0.15) is 28.9 Å². The Labute approximate surface area is 190 Å². The van der Waals surface area contributed by atoms with Crippen molar-refractivity contribution in [2.45, 2.75) is 31.2 Å². The minimum absolute atomic E-state index is 0.0338. The van der Waals surface area contributed by atoms with E-state index in [0.717, 1.165) is 12.6 Å². The molecule has 2 aromatic heterocycles. The lowest BCUT2D eigenvalue weighted by Gasteiger charge is -2.47. The van der Waals surface area contributed by atoms with Gasteiger partial charge in [0.2, 0.25) is 5.88 Å². The monoisotopic (exact) mass is 471 g/mol. The van der Waals surface area contributed by atoms with Gasteiger partial charge in [0, 0.05) is 24.4 Å². The quantitative estimate of drug-likeness (QED) is 0.539. The first-order valence-electron chi connectivity index (χ1n) is 10.7. The fourth-order valence-electron chi connectivity index (χ4n) is 5.44. The number of hydrogen-bond donors (Lipinski definition) is 0. The smallest absolute Gasteiger partial charge is 0.434 e. The van der Waals surface area contributed by atoms with Crippen molar-refractivity contribution < 1.29 is 27.1 Å². The largest absolute Gasteiger partial charge is 0.471 e. The van der Waals surface area contributed by atoms with Gasteiger partial charge in [-0.05, 0) is 37.0 Å². The third-order valence-corrected chi connectivity index (χ3v) is 7.04. The zero-order valence-electron chi connectivity index (χ0n) is 17.5. The zero-order valence-corrected chi connectivity index (χ0v) is 17.5. The summed E-state index contributed by atoms with van der Waals surface area (Å²) in [6.45, 7) is 0.508. The van der Waals surface area contributed by atoms with Crippen LogP contribution in [0.5, 0.6) is 5.88 Å². The molecule has 4 unspecified atom stereocenters. The van der Waals surface area contributed by atoms with Gasteiger partial charge < -0.3 is 9.64 Å². The molecule has 2 aliphatic carbocycles. The average Bonchev–Trinajstić information content (AvgIpc) is 3.47. The number of benzene rings is 1. The van der Waals surface area contributed by atoms with Crippen molar-refractivity contribution in [2.24, 2.45) is 11.3 Å². The lowest BCUT2D eigenvalue weighted by molar-refractivity contribution is -0.141.